The SMILES string of the molecule is O=C1CCCC(=O)N1CCS(=O)(=O)N1CCC[C@@H](Oc2ncc(Cl)cn2)C1. The summed E-state index contributed by atoms with van der Waals surface area (Å²) in [6.07, 6.45) is 4.87. The Morgan fingerprint density at radius 2 is 1.81 bits per heavy atom. The number of rotatable bonds is 6. The monoisotopic (exact) mass is 416 g/mol. The van der Waals surface area contributed by atoms with Crippen LogP contribution in [0, 0.1) is 0 Å². The Morgan fingerprint density at radius 3 is 2.48 bits per heavy atom. The molecule has 27 heavy (non-hydrogen) atoms. The summed E-state index contributed by atoms with van der Waals surface area (Å²) in [6.45, 7) is 0.449. The Balaban J connectivity index is 1.58. The predicted molar refractivity (Wildman–Crippen MR) is 96.6 cm³/mol. The van der Waals surface area contributed by atoms with E-state index in [1.165, 1.54) is 16.7 Å². The molecule has 3 heterocycles. The van der Waals surface area contributed by atoms with Crippen LogP contribution in [0.4, 0.5) is 0 Å². The summed E-state index contributed by atoms with van der Waals surface area (Å²) < 4.78 is 32.3. The summed E-state index contributed by atoms with van der Waals surface area (Å²) in [5, 5.41) is 0.386. The third-order valence-corrected chi connectivity index (χ3v) is 6.57. The van der Waals surface area contributed by atoms with E-state index in [4.69, 9.17) is 16.3 Å². The molecule has 1 aromatic heterocycles. The molecule has 3 rings (SSSR count). The zero-order chi connectivity index (χ0) is 19.4. The minimum absolute atomic E-state index is 0.109. The first-order valence-corrected chi connectivity index (χ1v) is 10.8. The topological polar surface area (TPSA) is 110 Å². The van der Waals surface area contributed by atoms with Crippen LogP contribution in [0.5, 0.6) is 6.01 Å². The number of nitrogens with zero attached hydrogens (tertiary/aromatic N) is 4. The number of ether oxygens (including phenoxy) is 1. The van der Waals surface area contributed by atoms with Gasteiger partial charge in [-0.05, 0) is 19.3 Å². The molecule has 0 saturated carbocycles. The molecular formula is C16H21ClN4O5S. The fourth-order valence-corrected chi connectivity index (χ4v) is 4.72. The molecule has 0 aromatic carbocycles. The van der Waals surface area contributed by atoms with Crippen molar-refractivity contribution in [2.24, 2.45) is 0 Å². The summed E-state index contributed by atoms with van der Waals surface area (Å²) in [5.74, 6) is -0.892. The fraction of sp³-hybridized carbons (Fsp3) is 0.625. The molecule has 1 aromatic rings. The second-order valence-electron chi connectivity index (χ2n) is 6.53. The third-order valence-electron chi connectivity index (χ3n) is 4.56. The molecule has 2 amide bonds. The van der Waals surface area contributed by atoms with Gasteiger partial charge >= 0.3 is 6.01 Å². The summed E-state index contributed by atoms with van der Waals surface area (Å²) in [4.78, 5) is 32.6. The highest BCUT2D eigenvalue weighted by Crippen LogP contribution is 2.19. The van der Waals surface area contributed by atoms with Crippen molar-refractivity contribution < 1.29 is 22.7 Å². The van der Waals surface area contributed by atoms with Crippen LogP contribution in [-0.2, 0) is 19.6 Å². The number of aromatic nitrogens is 2. The lowest BCUT2D eigenvalue weighted by molar-refractivity contribution is -0.147. The molecular weight excluding hydrogens is 396 g/mol. The van der Waals surface area contributed by atoms with Crippen molar-refractivity contribution in [3.8, 4) is 6.01 Å². The van der Waals surface area contributed by atoms with E-state index >= 15 is 0 Å². The lowest BCUT2D eigenvalue weighted by atomic mass is 10.1. The molecule has 0 spiro atoms. The maximum Gasteiger partial charge on any atom is 0.316 e. The van der Waals surface area contributed by atoms with Crippen LogP contribution < -0.4 is 4.74 Å². The largest absolute Gasteiger partial charge is 0.459 e. The number of carbonyl (C=O) groups is 2. The third kappa shape index (κ3) is 5.14. The highest BCUT2D eigenvalue weighted by Gasteiger charge is 2.32. The zero-order valence-corrected chi connectivity index (χ0v) is 16.3. The molecule has 0 radical (unpaired) electrons. The quantitative estimate of drug-likeness (QED) is 0.632. The van der Waals surface area contributed by atoms with Gasteiger partial charge in [0.15, 0.2) is 0 Å². The Labute approximate surface area is 162 Å². The van der Waals surface area contributed by atoms with Crippen LogP contribution in [0.25, 0.3) is 0 Å². The van der Waals surface area contributed by atoms with Gasteiger partial charge in [-0.25, -0.2) is 18.4 Å². The zero-order valence-electron chi connectivity index (χ0n) is 14.7. The van der Waals surface area contributed by atoms with Crippen LogP contribution >= 0.6 is 11.6 Å². The second kappa shape index (κ2) is 8.49. The van der Waals surface area contributed by atoms with E-state index in [1.54, 1.807) is 0 Å². The van der Waals surface area contributed by atoms with Crippen molar-refractivity contribution in [2.45, 2.75) is 38.2 Å². The number of halogens is 1. The van der Waals surface area contributed by atoms with Gasteiger partial charge in [0.1, 0.15) is 6.10 Å². The van der Waals surface area contributed by atoms with Gasteiger partial charge in [0.25, 0.3) is 0 Å². The average molecular weight is 417 g/mol. The summed E-state index contributed by atoms with van der Waals surface area (Å²) in [7, 11) is -3.62. The predicted octanol–water partition coefficient (Wildman–Crippen LogP) is 0.842. The Kier molecular flexibility index (Phi) is 6.28. The van der Waals surface area contributed by atoms with Crippen LogP contribution in [-0.4, -0.2) is 70.9 Å². The molecule has 0 aliphatic carbocycles. The number of sulfonamides is 1. The van der Waals surface area contributed by atoms with Gasteiger partial charge in [-0.1, -0.05) is 11.6 Å². The first-order chi connectivity index (χ1) is 12.8. The Bertz CT molecular complexity index is 786. The molecule has 11 heteroatoms. The van der Waals surface area contributed by atoms with Crippen LogP contribution in [0.15, 0.2) is 12.4 Å². The smallest absolute Gasteiger partial charge is 0.316 e. The van der Waals surface area contributed by atoms with E-state index in [9.17, 15) is 18.0 Å². The van der Waals surface area contributed by atoms with E-state index in [2.05, 4.69) is 9.97 Å². The maximum atomic E-state index is 12.7. The van der Waals surface area contributed by atoms with E-state index in [1.807, 2.05) is 0 Å². The lowest BCUT2D eigenvalue weighted by Gasteiger charge is -2.32. The van der Waals surface area contributed by atoms with Crippen LogP contribution in [0.1, 0.15) is 32.1 Å². The number of piperidine rings is 2. The molecule has 9 nitrogen and oxygen atoms in total. The number of amides is 2. The van der Waals surface area contributed by atoms with Gasteiger partial charge < -0.3 is 4.74 Å². The van der Waals surface area contributed by atoms with Crippen molar-refractivity contribution in [3.05, 3.63) is 17.4 Å². The first kappa shape index (κ1) is 20.0. The first-order valence-electron chi connectivity index (χ1n) is 8.80. The maximum absolute atomic E-state index is 12.7. The summed E-state index contributed by atoms with van der Waals surface area (Å²) in [6, 6.07) is 0.146. The number of imide groups is 1. The number of hydrogen-bond donors (Lipinski definition) is 0. The van der Waals surface area contributed by atoms with E-state index in [-0.39, 0.29) is 55.6 Å². The van der Waals surface area contributed by atoms with E-state index < -0.39 is 10.0 Å². The van der Waals surface area contributed by atoms with Crippen molar-refractivity contribution in [1.29, 1.82) is 0 Å². The van der Waals surface area contributed by atoms with Crippen molar-refractivity contribution in [1.82, 2.24) is 19.2 Å². The van der Waals surface area contributed by atoms with E-state index in [0.717, 1.165) is 4.90 Å². The number of hydrogen-bond acceptors (Lipinski definition) is 7. The van der Waals surface area contributed by atoms with Gasteiger partial charge in [0, 0.05) is 25.9 Å². The highest BCUT2D eigenvalue weighted by atomic mass is 35.5. The van der Waals surface area contributed by atoms with E-state index in [0.29, 0.717) is 30.8 Å². The van der Waals surface area contributed by atoms with Gasteiger partial charge in [0.05, 0.1) is 29.7 Å². The molecule has 1 atom stereocenters. The lowest BCUT2D eigenvalue weighted by Crippen LogP contribution is -2.48. The van der Waals surface area contributed by atoms with Crippen molar-refractivity contribution in [2.75, 3.05) is 25.4 Å². The summed E-state index contributed by atoms with van der Waals surface area (Å²) in [5.41, 5.74) is 0. The second-order valence-corrected chi connectivity index (χ2v) is 9.06. The highest BCUT2D eigenvalue weighted by molar-refractivity contribution is 7.89. The molecule has 0 unspecified atom stereocenters. The van der Waals surface area contributed by atoms with Crippen molar-refractivity contribution in [3.63, 3.8) is 0 Å². The fourth-order valence-electron chi connectivity index (χ4n) is 3.15. The van der Waals surface area contributed by atoms with Gasteiger partial charge in [0.2, 0.25) is 21.8 Å². The van der Waals surface area contributed by atoms with Gasteiger partial charge in [-0.15, -0.1) is 0 Å². The van der Waals surface area contributed by atoms with Crippen molar-refractivity contribution >= 4 is 33.4 Å². The standard InChI is InChI=1S/C16H21ClN4O5S/c17-12-9-18-16(19-10-12)26-13-3-2-6-20(11-13)27(24,25)8-7-21-14(22)4-1-5-15(21)23/h9-10,13H,1-8,11H2/t13-/m1/s1. The normalized spacial score (nSPS) is 22.1. The van der Waals surface area contributed by atoms with Crippen LogP contribution in [0.3, 0.4) is 0 Å². The Hall–Kier alpha value is -1.78. The average Bonchev–Trinajstić information content (AvgIpc) is 2.63. The minimum Gasteiger partial charge on any atom is -0.459 e. The molecule has 0 N–H and O–H groups in total. The van der Waals surface area contributed by atoms with Crippen LogP contribution in [0.2, 0.25) is 5.02 Å². The molecule has 2 aliphatic rings. The number of carbonyl (C=O) groups excluding carboxylic acids is 2. The summed E-state index contributed by atoms with van der Waals surface area (Å²) >= 11 is 5.74. The molecule has 2 fully saturated rings. The molecule has 2 saturated heterocycles. The van der Waals surface area contributed by atoms with Gasteiger partial charge in [-0.3, -0.25) is 14.5 Å². The minimum atomic E-state index is -3.62. The molecule has 148 valence electrons. The number of likely N-dealkylation sites (tertiary alicyclic amines) is 1. The van der Waals surface area contributed by atoms with Gasteiger partial charge in [-0.2, -0.15) is 4.31 Å². The molecule has 2 aliphatic heterocycles. The Morgan fingerprint density at radius 1 is 1.15 bits per heavy atom. The molecule has 0 bridgehead atoms.